The maximum atomic E-state index is 14.0. The molecule has 0 fully saturated rings. The summed E-state index contributed by atoms with van der Waals surface area (Å²) in [5.41, 5.74) is 0.228. The molecule has 3 rings (SSSR count). The Labute approximate surface area is 170 Å². The standard InChI is InChI=1S/C19H18F3N3O4S/c1-11(17-23-14-6-4-5-7-15(14)25(17)19(21)22)29-18(26)12-8-9-13(20)16(10-12)30(27,28)24(2)3/h4-11,19H,1-3H3. The molecule has 1 aromatic heterocycles. The van der Waals surface area contributed by atoms with Crippen molar-refractivity contribution in [2.45, 2.75) is 24.5 Å². The molecule has 30 heavy (non-hydrogen) atoms. The molecule has 0 aliphatic heterocycles. The van der Waals surface area contributed by atoms with Crippen LogP contribution in [0.15, 0.2) is 47.4 Å². The average Bonchev–Trinajstić information content (AvgIpc) is 3.08. The van der Waals surface area contributed by atoms with Crippen LogP contribution in [-0.4, -0.2) is 42.3 Å². The van der Waals surface area contributed by atoms with Crippen molar-refractivity contribution in [2.75, 3.05) is 14.1 Å². The zero-order valence-corrected chi connectivity index (χ0v) is 17.0. The summed E-state index contributed by atoms with van der Waals surface area (Å²) in [7, 11) is -1.71. The number of carbonyl (C=O) groups is 1. The van der Waals surface area contributed by atoms with E-state index in [2.05, 4.69) is 4.98 Å². The molecule has 0 N–H and O–H groups in total. The van der Waals surface area contributed by atoms with Gasteiger partial charge in [0.15, 0.2) is 11.9 Å². The molecule has 3 aromatic rings. The van der Waals surface area contributed by atoms with Crippen molar-refractivity contribution in [3.8, 4) is 0 Å². The molecule has 11 heteroatoms. The Morgan fingerprint density at radius 1 is 1.17 bits per heavy atom. The molecule has 0 aliphatic rings. The van der Waals surface area contributed by atoms with Crippen molar-refractivity contribution in [1.29, 1.82) is 0 Å². The van der Waals surface area contributed by atoms with Gasteiger partial charge in [0.2, 0.25) is 10.0 Å². The molecule has 0 spiro atoms. The van der Waals surface area contributed by atoms with Gasteiger partial charge in [0, 0.05) is 14.1 Å². The van der Waals surface area contributed by atoms with E-state index < -0.39 is 39.4 Å². The van der Waals surface area contributed by atoms with E-state index in [1.807, 2.05) is 0 Å². The van der Waals surface area contributed by atoms with Gasteiger partial charge in [-0.2, -0.15) is 8.78 Å². The van der Waals surface area contributed by atoms with Crippen LogP contribution in [0, 0.1) is 5.82 Å². The number of para-hydroxylation sites is 2. The van der Waals surface area contributed by atoms with Crippen molar-refractivity contribution >= 4 is 27.0 Å². The number of alkyl halides is 2. The smallest absolute Gasteiger partial charge is 0.338 e. The van der Waals surface area contributed by atoms with E-state index in [0.717, 1.165) is 22.5 Å². The largest absolute Gasteiger partial charge is 0.451 e. The summed E-state index contributed by atoms with van der Waals surface area (Å²) >= 11 is 0. The van der Waals surface area contributed by atoms with Crippen molar-refractivity contribution in [2.24, 2.45) is 0 Å². The van der Waals surface area contributed by atoms with Gasteiger partial charge >= 0.3 is 12.5 Å². The lowest BCUT2D eigenvalue weighted by molar-refractivity contribution is 0.0233. The Balaban J connectivity index is 1.94. The SMILES string of the molecule is CC(OC(=O)c1ccc(F)c(S(=O)(=O)N(C)C)c1)c1nc2ccccc2n1C(F)F. The molecule has 0 amide bonds. The minimum Gasteiger partial charge on any atom is -0.451 e. The summed E-state index contributed by atoms with van der Waals surface area (Å²) in [6.45, 7) is -1.56. The number of rotatable bonds is 6. The number of sulfonamides is 1. The number of carbonyl (C=O) groups excluding carboxylic acids is 1. The van der Waals surface area contributed by atoms with E-state index in [1.54, 1.807) is 18.2 Å². The van der Waals surface area contributed by atoms with Crippen molar-refractivity contribution < 1.29 is 31.1 Å². The average molecular weight is 441 g/mol. The van der Waals surface area contributed by atoms with Gasteiger partial charge in [0.25, 0.3) is 0 Å². The fourth-order valence-corrected chi connectivity index (χ4v) is 3.84. The molecule has 1 atom stereocenters. The Bertz CT molecular complexity index is 1210. The number of fused-ring (bicyclic) bond motifs is 1. The Hall–Kier alpha value is -2.92. The lowest BCUT2D eigenvalue weighted by Crippen LogP contribution is -2.24. The summed E-state index contributed by atoms with van der Waals surface area (Å²) in [6, 6.07) is 8.94. The van der Waals surface area contributed by atoms with Gasteiger partial charge in [0.1, 0.15) is 10.7 Å². The molecule has 7 nitrogen and oxygen atoms in total. The predicted molar refractivity (Wildman–Crippen MR) is 102 cm³/mol. The van der Waals surface area contributed by atoms with Crippen LogP contribution >= 0.6 is 0 Å². The molecule has 0 aliphatic carbocycles. The van der Waals surface area contributed by atoms with E-state index >= 15 is 0 Å². The van der Waals surface area contributed by atoms with Crippen LogP contribution < -0.4 is 0 Å². The monoisotopic (exact) mass is 441 g/mol. The lowest BCUT2D eigenvalue weighted by Gasteiger charge is -2.16. The van der Waals surface area contributed by atoms with Gasteiger partial charge in [-0.1, -0.05) is 12.1 Å². The van der Waals surface area contributed by atoms with Crippen molar-refractivity contribution in [3.05, 3.63) is 59.7 Å². The molecular weight excluding hydrogens is 423 g/mol. The van der Waals surface area contributed by atoms with Crippen LogP contribution in [0.3, 0.4) is 0 Å². The number of halogens is 3. The summed E-state index contributed by atoms with van der Waals surface area (Å²) in [6.07, 6.45) is -1.18. The van der Waals surface area contributed by atoms with Crippen molar-refractivity contribution in [1.82, 2.24) is 13.9 Å². The summed E-state index contributed by atoms with van der Waals surface area (Å²) in [4.78, 5) is 15.9. The second kappa shape index (κ2) is 8.07. The Kier molecular flexibility index (Phi) is 5.86. The topological polar surface area (TPSA) is 81.5 Å². The maximum Gasteiger partial charge on any atom is 0.338 e. The van der Waals surface area contributed by atoms with Crippen LogP contribution in [0.25, 0.3) is 11.0 Å². The Morgan fingerprint density at radius 3 is 2.47 bits per heavy atom. The number of nitrogens with zero attached hydrogens (tertiary/aromatic N) is 3. The number of imidazole rings is 1. The zero-order chi connectivity index (χ0) is 22.2. The number of hydrogen-bond acceptors (Lipinski definition) is 5. The van der Waals surface area contributed by atoms with Gasteiger partial charge in [-0.25, -0.2) is 26.9 Å². The summed E-state index contributed by atoms with van der Waals surface area (Å²) < 4.78 is 72.3. The van der Waals surface area contributed by atoms with Gasteiger partial charge in [0.05, 0.1) is 16.6 Å². The van der Waals surface area contributed by atoms with Gasteiger partial charge in [-0.15, -0.1) is 0 Å². The first kappa shape index (κ1) is 21.8. The highest BCUT2D eigenvalue weighted by Gasteiger charge is 2.27. The number of esters is 1. The molecule has 1 heterocycles. The third-order valence-electron chi connectivity index (χ3n) is 4.39. The minimum atomic E-state index is -4.14. The molecule has 0 bridgehead atoms. The van der Waals surface area contributed by atoms with Crippen LogP contribution in [0.5, 0.6) is 0 Å². The van der Waals surface area contributed by atoms with E-state index in [4.69, 9.17) is 4.74 Å². The highest BCUT2D eigenvalue weighted by atomic mass is 32.2. The van der Waals surface area contributed by atoms with Crippen LogP contribution in [0.1, 0.15) is 35.8 Å². The van der Waals surface area contributed by atoms with E-state index in [0.29, 0.717) is 10.1 Å². The second-order valence-electron chi connectivity index (χ2n) is 6.59. The summed E-state index contributed by atoms with van der Waals surface area (Å²) in [5.74, 6) is -2.22. The van der Waals surface area contributed by atoms with Crippen LogP contribution in [0.2, 0.25) is 0 Å². The molecule has 2 aromatic carbocycles. The molecule has 160 valence electrons. The molecule has 1 unspecified atom stereocenters. The number of ether oxygens (including phenoxy) is 1. The van der Waals surface area contributed by atoms with Gasteiger partial charge < -0.3 is 4.74 Å². The van der Waals surface area contributed by atoms with Crippen molar-refractivity contribution in [3.63, 3.8) is 0 Å². The first-order valence-corrected chi connectivity index (χ1v) is 10.2. The fourth-order valence-electron chi connectivity index (χ4n) is 2.86. The van der Waals surface area contributed by atoms with E-state index in [1.165, 1.54) is 27.1 Å². The number of aromatic nitrogens is 2. The van der Waals surface area contributed by atoms with Crippen LogP contribution in [-0.2, 0) is 14.8 Å². The number of benzene rings is 2. The van der Waals surface area contributed by atoms with Gasteiger partial charge in [-0.05, 0) is 37.3 Å². The van der Waals surface area contributed by atoms with Crippen LogP contribution in [0.4, 0.5) is 13.2 Å². The quantitative estimate of drug-likeness (QED) is 0.545. The molecular formula is C19H18F3N3O4S. The van der Waals surface area contributed by atoms with E-state index in [-0.39, 0.29) is 16.9 Å². The summed E-state index contributed by atoms with van der Waals surface area (Å²) in [5, 5.41) is 0. The molecule has 0 saturated carbocycles. The minimum absolute atomic E-state index is 0.173. The predicted octanol–water partition coefficient (Wildman–Crippen LogP) is 3.74. The first-order valence-electron chi connectivity index (χ1n) is 8.72. The number of hydrogen-bond donors (Lipinski definition) is 0. The van der Waals surface area contributed by atoms with E-state index in [9.17, 15) is 26.4 Å². The maximum absolute atomic E-state index is 14.0. The molecule has 0 radical (unpaired) electrons. The first-order chi connectivity index (χ1) is 14.0. The highest BCUT2D eigenvalue weighted by molar-refractivity contribution is 7.89. The third kappa shape index (κ3) is 3.90. The highest BCUT2D eigenvalue weighted by Crippen LogP contribution is 2.29. The van der Waals surface area contributed by atoms with Gasteiger partial charge in [-0.3, -0.25) is 4.57 Å². The molecule has 0 saturated heterocycles. The fraction of sp³-hybridized carbons (Fsp3) is 0.263. The Morgan fingerprint density at radius 2 is 1.83 bits per heavy atom. The lowest BCUT2D eigenvalue weighted by atomic mass is 10.2. The second-order valence-corrected chi connectivity index (χ2v) is 8.71. The normalized spacial score (nSPS) is 13.2. The zero-order valence-electron chi connectivity index (χ0n) is 16.2. The third-order valence-corrected chi connectivity index (χ3v) is 6.22.